The third-order valence-electron chi connectivity index (χ3n) is 11.7. The van der Waals surface area contributed by atoms with Crippen molar-refractivity contribution in [1.29, 1.82) is 0 Å². The van der Waals surface area contributed by atoms with Crippen LogP contribution in [0, 0.1) is 0 Å². The minimum atomic E-state index is 0.672. The Morgan fingerprint density at radius 2 is 0.750 bits per heavy atom. The van der Waals surface area contributed by atoms with E-state index in [4.69, 9.17) is 18.8 Å². The smallest absolute Gasteiger partial charge is 0.160 e. The molecule has 0 amide bonds. The molecule has 9 aromatic carbocycles. The molecule has 12 rings (SSSR count). The third-order valence-corrected chi connectivity index (χ3v) is 11.7. The van der Waals surface area contributed by atoms with Gasteiger partial charge in [-0.1, -0.05) is 146 Å². The van der Waals surface area contributed by atoms with Crippen molar-refractivity contribution < 1.29 is 8.83 Å². The first-order valence-electron chi connectivity index (χ1n) is 20.2. The van der Waals surface area contributed by atoms with Gasteiger partial charge in [0.15, 0.2) is 5.82 Å². The minimum absolute atomic E-state index is 0.672. The number of nitrogens with zero attached hydrogens (tertiary/aromatic N) is 2. The van der Waals surface area contributed by atoms with Crippen molar-refractivity contribution in [3.8, 4) is 67.3 Å². The molecule has 4 heteroatoms. The van der Waals surface area contributed by atoms with Crippen LogP contribution in [0.15, 0.2) is 215 Å². The predicted molar refractivity (Wildman–Crippen MR) is 247 cm³/mol. The lowest BCUT2D eigenvalue weighted by Crippen LogP contribution is -1.96. The Balaban J connectivity index is 1.04. The molecule has 0 fully saturated rings. The summed E-state index contributed by atoms with van der Waals surface area (Å²) < 4.78 is 12.5. The second-order valence-electron chi connectivity index (χ2n) is 15.3. The van der Waals surface area contributed by atoms with E-state index in [2.05, 4.69) is 164 Å². The zero-order valence-corrected chi connectivity index (χ0v) is 32.3. The summed E-state index contributed by atoms with van der Waals surface area (Å²) in [7, 11) is 0. The van der Waals surface area contributed by atoms with Gasteiger partial charge in [0, 0.05) is 38.2 Å². The highest BCUT2D eigenvalue weighted by molar-refractivity contribution is 6.08. The van der Waals surface area contributed by atoms with Crippen LogP contribution < -0.4 is 0 Å². The topological polar surface area (TPSA) is 52.1 Å². The van der Waals surface area contributed by atoms with Gasteiger partial charge < -0.3 is 8.83 Å². The number of rotatable bonds is 6. The number of benzene rings is 9. The van der Waals surface area contributed by atoms with Crippen molar-refractivity contribution in [2.24, 2.45) is 0 Å². The van der Waals surface area contributed by atoms with Gasteiger partial charge in [-0.3, -0.25) is 0 Å². The summed E-state index contributed by atoms with van der Waals surface area (Å²) in [5, 5.41) is 6.84. The summed E-state index contributed by atoms with van der Waals surface area (Å²) in [6.45, 7) is 0. The van der Waals surface area contributed by atoms with Crippen LogP contribution in [0.4, 0.5) is 0 Å². The van der Waals surface area contributed by atoms with Gasteiger partial charge in [-0.25, -0.2) is 9.97 Å². The zero-order valence-electron chi connectivity index (χ0n) is 32.3. The lowest BCUT2D eigenvalue weighted by molar-refractivity contribution is 0.668. The number of para-hydroxylation sites is 2. The molecule has 0 N–H and O–H groups in total. The normalized spacial score (nSPS) is 11.7. The monoisotopic (exact) mass is 766 g/mol. The molecule has 0 radical (unpaired) electrons. The molecule has 0 aliphatic carbocycles. The van der Waals surface area contributed by atoms with Gasteiger partial charge in [-0.15, -0.1) is 0 Å². The Morgan fingerprint density at radius 1 is 0.267 bits per heavy atom. The number of aromatic nitrogens is 2. The van der Waals surface area contributed by atoms with Crippen LogP contribution in [-0.2, 0) is 0 Å². The van der Waals surface area contributed by atoms with Crippen LogP contribution in [0.5, 0.6) is 0 Å². The largest absolute Gasteiger partial charge is 0.456 e. The summed E-state index contributed by atoms with van der Waals surface area (Å²) in [4.78, 5) is 10.5. The highest BCUT2D eigenvalue weighted by Crippen LogP contribution is 2.39. The van der Waals surface area contributed by atoms with Crippen LogP contribution in [0.2, 0.25) is 0 Å². The predicted octanol–water partition coefficient (Wildman–Crippen LogP) is 15.4. The van der Waals surface area contributed by atoms with Gasteiger partial charge in [0.25, 0.3) is 0 Å². The van der Waals surface area contributed by atoms with Crippen molar-refractivity contribution >= 4 is 54.6 Å². The Morgan fingerprint density at radius 3 is 1.40 bits per heavy atom. The molecule has 0 saturated heterocycles. The molecular weight excluding hydrogens is 733 g/mol. The second kappa shape index (κ2) is 13.8. The second-order valence-corrected chi connectivity index (χ2v) is 15.3. The number of hydrogen-bond donors (Lipinski definition) is 0. The van der Waals surface area contributed by atoms with Crippen LogP contribution in [0.25, 0.3) is 122 Å². The van der Waals surface area contributed by atoms with E-state index < -0.39 is 0 Å². The molecule has 0 aliphatic heterocycles. The van der Waals surface area contributed by atoms with Crippen LogP contribution in [0.1, 0.15) is 0 Å². The summed E-state index contributed by atoms with van der Waals surface area (Å²) in [5.41, 5.74) is 14.9. The molecule has 0 atom stereocenters. The summed E-state index contributed by atoms with van der Waals surface area (Å²) >= 11 is 0. The van der Waals surface area contributed by atoms with Crippen LogP contribution in [-0.4, -0.2) is 9.97 Å². The van der Waals surface area contributed by atoms with E-state index in [1.54, 1.807) is 0 Å². The van der Waals surface area contributed by atoms with Crippen molar-refractivity contribution in [3.63, 3.8) is 0 Å². The van der Waals surface area contributed by atoms with Crippen molar-refractivity contribution in [3.05, 3.63) is 206 Å². The van der Waals surface area contributed by atoms with E-state index in [1.807, 2.05) is 42.5 Å². The first-order valence-corrected chi connectivity index (χ1v) is 20.2. The molecule has 0 unspecified atom stereocenters. The van der Waals surface area contributed by atoms with Crippen LogP contribution >= 0.6 is 0 Å². The van der Waals surface area contributed by atoms with E-state index in [0.29, 0.717) is 5.82 Å². The lowest BCUT2D eigenvalue weighted by Gasteiger charge is -2.14. The molecule has 12 aromatic rings. The first kappa shape index (κ1) is 34.0. The summed E-state index contributed by atoms with van der Waals surface area (Å²) in [6, 6.07) is 72.3. The standard InChI is InChI=1S/C56H34N2O2/c1-2-12-38(13-3-1)56-57-50(37-23-21-36(22-24-37)45-18-10-14-35-11-4-5-15-44(35)45)34-51(58-56)43-30-41(39-25-27-54-48(32-39)46-16-6-8-19-52(46)59-54)29-42(31-43)40-26-28-55-49(33-40)47-17-7-9-20-53(47)60-55/h1-34H. The minimum Gasteiger partial charge on any atom is -0.456 e. The molecule has 0 spiro atoms. The fourth-order valence-electron chi connectivity index (χ4n) is 8.68. The molecule has 3 aromatic heterocycles. The molecule has 60 heavy (non-hydrogen) atoms. The number of furan rings is 2. The molecule has 4 nitrogen and oxygen atoms in total. The first-order chi connectivity index (χ1) is 29.7. The molecule has 3 heterocycles. The Hall–Kier alpha value is -8.08. The van der Waals surface area contributed by atoms with Gasteiger partial charge in [-0.05, 0) is 105 Å². The van der Waals surface area contributed by atoms with E-state index >= 15 is 0 Å². The highest BCUT2D eigenvalue weighted by Gasteiger charge is 2.17. The molecular formula is C56H34N2O2. The average Bonchev–Trinajstić information content (AvgIpc) is 3.89. The summed E-state index contributed by atoms with van der Waals surface area (Å²) in [6.07, 6.45) is 0. The maximum atomic E-state index is 6.23. The van der Waals surface area contributed by atoms with E-state index in [1.165, 1.54) is 16.3 Å². The molecule has 0 bridgehead atoms. The van der Waals surface area contributed by atoms with E-state index in [9.17, 15) is 0 Å². The number of fused-ring (bicyclic) bond motifs is 7. The lowest BCUT2D eigenvalue weighted by atomic mass is 9.93. The quantitative estimate of drug-likeness (QED) is 0.169. The van der Waals surface area contributed by atoms with Gasteiger partial charge in [-0.2, -0.15) is 0 Å². The maximum absolute atomic E-state index is 6.23. The van der Waals surface area contributed by atoms with Gasteiger partial charge in [0.1, 0.15) is 22.3 Å². The SMILES string of the molecule is c1ccc(-c2nc(-c3ccc(-c4cccc5ccccc45)cc3)cc(-c3cc(-c4ccc5oc6ccccc6c5c4)cc(-c4ccc5oc6ccccc6c5c4)c3)n2)cc1. The summed E-state index contributed by atoms with van der Waals surface area (Å²) in [5.74, 6) is 0.672. The Bertz CT molecular complexity index is 3460. The van der Waals surface area contributed by atoms with Crippen molar-refractivity contribution in [1.82, 2.24) is 9.97 Å². The fraction of sp³-hybridized carbons (Fsp3) is 0. The Kier molecular flexibility index (Phi) is 7.82. The van der Waals surface area contributed by atoms with Gasteiger partial charge in [0.05, 0.1) is 11.4 Å². The highest BCUT2D eigenvalue weighted by atomic mass is 16.3. The van der Waals surface area contributed by atoms with Gasteiger partial charge in [0.2, 0.25) is 0 Å². The fourth-order valence-corrected chi connectivity index (χ4v) is 8.68. The van der Waals surface area contributed by atoms with Crippen molar-refractivity contribution in [2.45, 2.75) is 0 Å². The van der Waals surface area contributed by atoms with Crippen molar-refractivity contribution in [2.75, 3.05) is 0 Å². The molecule has 0 saturated carbocycles. The zero-order chi connectivity index (χ0) is 39.6. The number of hydrogen-bond acceptors (Lipinski definition) is 4. The Labute approximate surface area is 345 Å². The molecule has 0 aliphatic rings. The van der Waals surface area contributed by atoms with Gasteiger partial charge >= 0.3 is 0 Å². The van der Waals surface area contributed by atoms with E-state index in [-0.39, 0.29) is 0 Å². The van der Waals surface area contributed by atoms with E-state index in [0.717, 1.165) is 99.8 Å². The third kappa shape index (κ3) is 5.85. The maximum Gasteiger partial charge on any atom is 0.160 e. The molecule has 280 valence electrons. The average molecular weight is 767 g/mol. The van der Waals surface area contributed by atoms with Crippen LogP contribution in [0.3, 0.4) is 0 Å².